The molecule has 1 aliphatic rings. The molecular formula is C23H22N2O2. The zero-order valence-electron chi connectivity index (χ0n) is 15.5. The molecule has 1 N–H and O–H groups in total. The Hall–Kier alpha value is -2.95. The van der Waals surface area contributed by atoms with Crippen LogP contribution in [0.5, 0.6) is 0 Å². The molecule has 4 atom stereocenters. The molecule has 0 bridgehead atoms. The lowest BCUT2D eigenvalue weighted by molar-refractivity contribution is -0.139. The second-order valence-corrected chi connectivity index (χ2v) is 7.59. The number of nitriles is 2. The van der Waals surface area contributed by atoms with E-state index in [4.69, 9.17) is 0 Å². The van der Waals surface area contributed by atoms with Crippen LogP contribution in [0.2, 0.25) is 0 Å². The van der Waals surface area contributed by atoms with E-state index in [1.54, 1.807) is 6.92 Å². The molecule has 2 aromatic rings. The normalized spacial score (nSPS) is 29.3. The summed E-state index contributed by atoms with van der Waals surface area (Å²) in [4.78, 5) is 12.6. The van der Waals surface area contributed by atoms with Crippen molar-refractivity contribution in [2.75, 3.05) is 0 Å². The summed E-state index contributed by atoms with van der Waals surface area (Å²) in [6.07, 6.45) is 0.172. The lowest BCUT2D eigenvalue weighted by atomic mass is 9.49. The predicted molar refractivity (Wildman–Crippen MR) is 101 cm³/mol. The molecule has 0 amide bonds. The van der Waals surface area contributed by atoms with Gasteiger partial charge in [0.25, 0.3) is 0 Å². The zero-order chi connectivity index (χ0) is 19.7. The van der Waals surface area contributed by atoms with Gasteiger partial charge in [0.05, 0.1) is 23.7 Å². The number of carbonyl (C=O) groups excluding carboxylic acids is 1. The SMILES string of the molecule is CC(=O)[C@@H]1[C@@H](c2ccccc2)C(C#N)(C#N)[C@H](c2ccccc2)C[C@@]1(C)O. The summed E-state index contributed by atoms with van der Waals surface area (Å²) in [5, 5.41) is 31.7. The maximum Gasteiger partial charge on any atom is 0.158 e. The van der Waals surface area contributed by atoms with Crippen LogP contribution in [0, 0.1) is 34.0 Å². The first kappa shape index (κ1) is 18.8. The fraction of sp³-hybridized carbons (Fsp3) is 0.348. The predicted octanol–water partition coefficient (Wildman–Crippen LogP) is 3.95. The molecule has 1 fully saturated rings. The first-order chi connectivity index (χ1) is 12.9. The highest BCUT2D eigenvalue weighted by atomic mass is 16.3. The van der Waals surface area contributed by atoms with Gasteiger partial charge in [0.2, 0.25) is 0 Å². The van der Waals surface area contributed by atoms with Crippen LogP contribution in [-0.4, -0.2) is 16.5 Å². The Morgan fingerprint density at radius 2 is 1.48 bits per heavy atom. The first-order valence-electron chi connectivity index (χ1n) is 9.02. The Balaban J connectivity index is 2.30. The monoisotopic (exact) mass is 358 g/mol. The molecule has 4 heteroatoms. The van der Waals surface area contributed by atoms with E-state index in [9.17, 15) is 20.4 Å². The molecule has 3 rings (SSSR count). The minimum Gasteiger partial charge on any atom is -0.389 e. The molecule has 4 nitrogen and oxygen atoms in total. The van der Waals surface area contributed by atoms with E-state index in [-0.39, 0.29) is 12.2 Å². The van der Waals surface area contributed by atoms with Crippen molar-refractivity contribution in [3.05, 3.63) is 71.8 Å². The number of carbonyl (C=O) groups is 1. The van der Waals surface area contributed by atoms with Crippen LogP contribution < -0.4 is 0 Å². The molecule has 2 aromatic carbocycles. The topological polar surface area (TPSA) is 84.9 Å². The Bertz CT molecular complexity index is 893. The summed E-state index contributed by atoms with van der Waals surface area (Å²) in [5.74, 6) is -2.28. The number of nitrogens with zero attached hydrogens (tertiary/aromatic N) is 2. The summed E-state index contributed by atoms with van der Waals surface area (Å²) >= 11 is 0. The lowest BCUT2D eigenvalue weighted by Gasteiger charge is -2.51. The molecule has 0 aromatic heterocycles. The third-order valence-corrected chi connectivity index (χ3v) is 5.83. The molecule has 0 aliphatic heterocycles. The highest BCUT2D eigenvalue weighted by Gasteiger charge is 2.61. The zero-order valence-corrected chi connectivity index (χ0v) is 15.5. The van der Waals surface area contributed by atoms with Crippen LogP contribution in [0.25, 0.3) is 0 Å². The van der Waals surface area contributed by atoms with Gasteiger partial charge < -0.3 is 5.11 Å². The highest BCUT2D eigenvalue weighted by Crippen LogP contribution is 2.59. The molecule has 27 heavy (non-hydrogen) atoms. The fourth-order valence-corrected chi connectivity index (χ4v) is 4.71. The Morgan fingerprint density at radius 3 is 1.93 bits per heavy atom. The van der Waals surface area contributed by atoms with Gasteiger partial charge in [-0.15, -0.1) is 0 Å². The molecule has 0 unspecified atom stereocenters. The second kappa shape index (κ2) is 6.99. The van der Waals surface area contributed by atoms with E-state index in [0.29, 0.717) is 0 Å². The van der Waals surface area contributed by atoms with Gasteiger partial charge in [-0.2, -0.15) is 10.5 Å². The minimum atomic E-state index is -1.46. The Labute approximate surface area is 159 Å². The summed E-state index contributed by atoms with van der Waals surface area (Å²) in [6, 6.07) is 23.0. The molecular weight excluding hydrogens is 336 g/mol. The molecule has 0 radical (unpaired) electrons. The van der Waals surface area contributed by atoms with E-state index < -0.39 is 28.8 Å². The van der Waals surface area contributed by atoms with E-state index in [1.807, 2.05) is 60.7 Å². The number of rotatable bonds is 3. The van der Waals surface area contributed by atoms with Gasteiger partial charge in [0, 0.05) is 11.8 Å². The second-order valence-electron chi connectivity index (χ2n) is 7.59. The Kier molecular flexibility index (Phi) is 4.87. The number of hydrogen-bond acceptors (Lipinski definition) is 4. The van der Waals surface area contributed by atoms with Crippen LogP contribution in [-0.2, 0) is 4.79 Å². The van der Waals surface area contributed by atoms with Gasteiger partial charge in [-0.25, -0.2) is 0 Å². The average molecular weight is 358 g/mol. The van der Waals surface area contributed by atoms with Crippen molar-refractivity contribution in [3.8, 4) is 12.1 Å². The standard InChI is InChI=1S/C23H22N2O2/c1-16(26)20-21(18-11-7-4-8-12-18)23(14-24,15-25)19(13-22(20,2)27)17-9-5-3-6-10-17/h3-12,19-21,27H,13H2,1-2H3/t19-,20+,21+,22+/m0/s1. The highest BCUT2D eigenvalue weighted by molar-refractivity contribution is 5.81. The van der Waals surface area contributed by atoms with E-state index in [0.717, 1.165) is 11.1 Å². The van der Waals surface area contributed by atoms with Gasteiger partial charge in [-0.1, -0.05) is 60.7 Å². The fourth-order valence-electron chi connectivity index (χ4n) is 4.71. The van der Waals surface area contributed by atoms with Crippen LogP contribution in [0.1, 0.15) is 43.2 Å². The minimum absolute atomic E-state index is 0.172. The van der Waals surface area contributed by atoms with E-state index in [1.165, 1.54) is 6.92 Å². The number of hydrogen-bond donors (Lipinski definition) is 1. The maximum atomic E-state index is 12.6. The van der Waals surface area contributed by atoms with E-state index >= 15 is 0 Å². The quantitative estimate of drug-likeness (QED) is 0.900. The van der Waals surface area contributed by atoms with Crippen LogP contribution in [0.15, 0.2) is 60.7 Å². The molecule has 1 aliphatic carbocycles. The number of ketones is 1. The number of benzene rings is 2. The van der Waals surface area contributed by atoms with Crippen molar-refractivity contribution >= 4 is 5.78 Å². The maximum absolute atomic E-state index is 12.6. The molecule has 1 saturated carbocycles. The summed E-state index contributed by atoms with van der Waals surface area (Å²) in [7, 11) is 0. The van der Waals surface area contributed by atoms with Gasteiger partial charge in [-0.3, -0.25) is 4.79 Å². The van der Waals surface area contributed by atoms with Crippen molar-refractivity contribution in [1.82, 2.24) is 0 Å². The summed E-state index contributed by atoms with van der Waals surface area (Å²) < 4.78 is 0. The number of aliphatic hydroxyl groups is 1. The number of Topliss-reactive ketones (excluding diaryl/α,β-unsaturated/α-hetero) is 1. The molecule has 136 valence electrons. The third kappa shape index (κ3) is 3.03. The average Bonchev–Trinajstić information content (AvgIpc) is 2.68. The van der Waals surface area contributed by atoms with Gasteiger partial charge in [0.1, 0.15) is 5.78 Å². The van der Waals surface area contributed by atoms with Gasteiger partial charge >= 0.3 is 0 Å². The molecule has 0 heterocycles. The third-order valence-electron chi connectivity index (χ3n) is 5.83. The van der Waals surface area contributed by atoms with Crippen molar-refractivity contribution in [2.45, 2.75) is 37.7 Å². The molecule has 0 saturated heterocycles. The van der Waals surface area contributed by atoms with Gasteiger partial charge in [0.15, 0.2) is 5.41 Å². The van der Waals surface area contributed by atoms with Gasteiger partial charge in [-0.05, 0) is 31.4 Å². The van der Waals surface area contributed by atoms with Crippen LogP contribution >= 0.6 is 0 Å². The van der Waals surface area contributed by atoms with Crippen molar-refractivity contribution in [2.24, 2.45) is 11.3 Å². The summed E-state index contributed by atoms with van der Waals surface area (Å²) in [6.45, 7) is 3.07. The summed E-state index contributed by atoms with van der Waals surface area (Å²) in [5.41, 5.74) is -1.24. The molecule has 0 spiro atoms. The van der Waals surface area contributed by atoms with Crippen molar-refractivity contribution in [1.29, 1.82) is 10.5 Å². The van der Waals surface area contributed by atoms with Crippen molar-refractivity contribution < 1.29 is 9.90 Å². The van der Waals surface area contributed by atoms with Crippen molar-refractivity contribution in [3.63, 3.8) is 0 Å². The first-order valence-corrected chi connectivity index (χ1v) is 9.02. The smallest absolute Gasteiger partial charge is 0.158 e. The van der Waals surface area contributed by atoms with Crippen LogP contribution in [0.3, 0.4) is 0 Å². The largest absolute Gasteiger partial charge is 0.389 e. The lowest BCUT2D eigenvalue weighted by Crippen LogP contribution is -2.55. The Morgan fingerprint density at radius 1 is 1.00 bits per heavy atom. The van der Waals surface area contributed by atoms with Crippen LogP contribution in [0.4, 0.5) is 0 Å². The van der Waals surface area contributed by atoms with E-state index in [2.05, 4.69) is 12.1 Å².